The highest BCUT2D eigenvalue weighted by atomic mass is 16.5. The summed E-state index contributed by atoms with van der Waals surface area (Å²) in [5.41, 5.74) is 1.07. The van der Waals surface area contributed by atoms with Crippen LogP contribution < -0.4 is 5.32 Å². The monoisotopic (exact) mass is 340 g/mol. The van der Waals surface area contributed by atoms with Crippen molar-refractivity contribution in [1.82, 2.24) is 4.90 Å². The number of carbonyl (C=O) groups excluding carboxylic acids is 3. The molecule has 0 bridgehead atoms. The molecule has 0 radical (unpaired) electrons. The van der Waals surface area contributed by atoms with Crippen molar-refractivity contribution in [3.8, 4) is 0 Å². The number of fused-ring (bicyclic) bond motifs is 1. The smallest absolute Gasteiger partial charge is 0.291 e. The van der Waals surface area contributed by atoms with E-state index in [0.29, 0.717) is 23.4 Å². The van der Waals surface area contributed by atoms with E-state index >= 15 is 0 Å². The Bertz CT molecular complexity index is 837. The van der Waals surface area contributed by atoms with Crippen molar-refractivity contribution >= 4 is 23.4 Å². The standard InChI is InChI=1S/C18H16N2O5/c21-16(15-4-2-8-25-15)19-11-5-6-13-14(9-11)18(23)20(17(13)22)10-12-3-1-7-24-12/h2,4-6,8-9,12H,1,3,7,10H2,(H,19,21)/t12-/m0/s1. The van der Waals surface area contributed by atoms with Crippen LogP contribution in [0.2, 0.25) is 0 Å². The molecule has 1 aromatic carbocycles. The predicted molar refractivity (Wildman–Crippen MR) is 87.4 cm³/mol. The maximum Gasteiger partial charge on any atom is 0.291 e. The molecule has 1 fully saturated rings. The predicted octanol–water partition coefficient (Wildman–Crippen LogP) is 2.31. The SMILES string of the molecule is O=C(Nc1ccc2c(c1)C(=O)N(C[C@@H]1CCCO1)C2=O)c1ccco1. The second-order valence-corrected chi connectivity index (χ2v) is 6.05. The number of furan rings is 1. The van der Waals surface area contributed by atoms with Crippen LogP contribution in [-0.4, -0.2) is 41.9 Å². The van der Waals surface area contributed by atoms with Crippen molar-refractivity contribution in [2.75, 3.05) is 18.5 Å². The van der Waals surface area contributed by atoms with Crippen LogP contribution in [0.25, 0.3) is 0 Å². The molecule has 1 N–H and O–H groups in total. The number of rotatable bonds is 4. The molecule has 7 heteroatoms. The number of nitrogens with zero attached hydrogens (tertiary/aromatic N) is 1. The highest BCUT2D eigenvalue weighted by molar-refractivity contribution is 6.22. The number of nitrogens with one attached hydrogen (secondary N) is 1. The molecule has 3 heterocycles. The number of hydrogen-bond acceptors (Lipinski definition) is 5. The van der Waals surface area contributed by atoms with Crippen molar-refractivity contribution in [2.24, 2.45) is 0 Å². The van der Waals surface area contributed by atoms with E-state index in [0.717, 1.165) is 12.8 Å². The summed E-state index contributed by atoms with van der Waals surface area (Å²) < 4.78 is 10.5. The highest BCUT2D eigenvalue weighted by Gasteiger charge is 2.37. The minimum Gasteiger partial charge on any atom is -0.459 e. The van der Waals surface area contributed by atoms with Crippen molar-refractivity contribution in [3.63, 3.8) is 0 Å². The molecule has 2 aromatic rings. The fraction of sp³-hybridized carbons (Fsp3) is 0.278. The van der Waals surface area contributed by atoms with Crippen molar-refractivity contribution < 1.29 is 23.5 Å². The van der Waals surface area contributed by atoms with E-state index in [1.54, 1.807) is 24.3 Å². The van der Waals surface area contributed by atoms with Gasteiger partial charge in [0, 0.05) is 12.3 Å². The van der Waals surface area contributed by atoms with Crippen LogP contribution in [0.5, 0.6) is 0 Å². The van der Waals surface area contributed by atoms with Gasteiger partial charge in [-0.3, -0.25) is 19.3 Å². The van der Waals surface area contributed by atoms with Crippen LogP contribution in [0.1, 0.15) is 44.1 Å². The summed E-state index contributed by atoms with van der Waals surface area (Å²) in [5, 5.41) is 2.66. The maximum atomic E-state index is 12.6. The van der Waals surface area contributed by atoms with Gasteiger partial charge >= 0.3 is 0 Å². The largest absolute Gasteiger partial charge is 0.459 e. The summed E-state index contributed by atoms with van der Waals surface area (Å²) in [6.07, 6.45) is 3.09. The first-order chi connectivity index (χ1) is 12.1. The van der Waals surface area contributed by atoms with Gasteiger partial charge in [-0.15, -0.1) is 0 Å². The van der Waals surface area contributed by atoms with Crippen LogP contribution >= 0.6 is 0 Å². The van der Waals surface area contributed by atoms with Gasteiger partial charge in [-0.2, -0.15) is 0 Å². The Morgan fingerprint density at radius 1 is 1.20 bits per heavy atom. The van der Waals surface area contributed by atoms with Gasteiger partial charge in [-0.1, -0.05) is 0 Å². The molecule has 1 atom stereocenters. The summed E-state index contributed by atoms with van der Waals surface area (Å²) in [6.45, 7) is 0.928. The molecule has 25 heavy (non-hydrogen) atoms. The Morgan fingerprint density at radius 3 is 2.76 bits per heavy atom. The summed E-state index contributed by atoms with van der Waals surface area (Å²) in [6, 6.07) is 7.83. The number of benzene rings is 1. The zero-order chi connectivity index (χ0) is 17.4. The average Bonchev–Trinajstić information content (AvgIpc) is 3.34. The number of ether oxygens (including phenoxy) is 1. The van der Waals surface area contributed by atoms with E-state index in [1.807, 2.05) is 0 Å². The second-order valence-electron chi connectivity index (χ2n) is 6.05. The van der Waals surface area contributed by atoms with E-state index in [2.05, 4.69) is 5.32 Å². The molecular formula is C18H16N2O5. The lowest BCUT2D eigenvalue weighted by atomic mass is 10.1. The summed E-state index contributed by atoms with van der Waals surface area (Å²) in [4.78, 5) is 38.3. The molecule has 128 valence electrons. The van der Waals surface area contributed by atoms with Gasteiger partial charge in [0.05, 0.1) is 30.0 Å². The van der Waals surface area contributed by atoms with E-state index in [4.69, 9.17) is 9.15 Å². The molecule has 1 saturated heterocycles. The van der Waals surface area contributed by atoms with Crippen LogP contribution in [-0.2, 0) is 4.74 Å². The first-order valence-corrected chi connectivity index (χ1v) is 8.10. The second kappa shape index (κ2) is 6.18. The van der Waals surface area contributed by atoms with Crippen LogP contribution in [0.4, 0.5) is 5.69 Å². The van der Waals surface area contributed by atoms with Crippen LogP contribution in [0.3, 0.4) is 0 Å². The van der Waals surface area contributed by atoms with Gasteiger partial charge < -0.3 is 14.5 Å². The highest BCUT2D eigenvalue weighted by Crippen LogP contribution is 2.27. The van der Waals surface area contributed by atoms with E-state index < -0.39 is 5.91 Å². The van der Waals surface area contributed by atoms with Gasteiger partial charge in [-0.05, 0) is 43.2 Å². The Kier molecular flexibility index (Phi) is 3.85. The summed E-state index contributed by atoms with van der Waals surface area (Å²) >= 11 is 0. The fourth-order valence-electron chi connectivity index (χ4n) is 3.13. The molecule has 7 nitrogen and oxygen atoms in total. The first kappa shape index (κ1) is 15.6. The topological polar surface area (TPSA) is 88.9 Å². The van der Waals surface area contributed by atoms with Gasteiger partial charge in [0.2, 0.25) is 0 Å². The first-order valence-electron chi connectivity index (χ1n) is 8.10. The number of hydrogen-bond donors (Lipinski definition) is 1. The number of anilines is 1. The molecule has 0 unspecified atom stereocenters. The Balaban J connectivity index is 1.53. The lowest BCUT2D eigenvalue weighted by Crippen LogP contribution is -2.36. The third kappa shape index (κ3) is 2.83. The van der Waals surface area contributed by atoms with Crippen molar-refractivity contribution in [2.45, 2.75) is 18.9 Å². The Labute approximate surface area is 143 Å². The molecule has 2 aliphatic heterocycles. The Morgan fingerprint density at radius 2 is 2.04 bits per heavy atom. The van der Waals surface area contributed by atoms with Gasteiger partial charge in [0.15, 0.2) is 5.76 Å². The number of amides is 3. The molecule has 0 saturated carbocycles. The summed E-state index contributed by atoms with van der Waals surface area (Å²) in [5.74, 6) is -0.926. The molecular weight excluding hydrogens is 324 g/mol. The third-order valence-corrected chi connectivity index (χ3v) is 4.38. The number of carbonyl (C=O) groups is 3. The van der Waals surface area contributed by atoms with E-state index in [9.17, 15) is 14.4 Å². The third-order valence-electron chi connectivity index (χ3n) is 4.38. The van der Waals surface area contributed by atoms with Crippen LogP contribution in [0.15, 0.2) is 41.0 Å². The zero-order valence-electron chi connectivity index (χ0n) is 13.4. The molecule has 3 amide bonds. The van der Waals surface area contributed by atoms with Crippen molar-refractivity contribution in [1.29, 1.82) is 0 Å². The van der Waals surface area contributed by atoms with E-state index in [1.165, 1.54) is 17.2 Å². The van der Waals surface area contributed by atoms with Gasteiger partial charge in [-0.25, -0.2) is 0 Å². The van der Waals surface area contributed by atoms with Gasteiger partial charge in [0.25, 0.3) is 17.7 Å². The molecule has 0 spiro atoms. The van der Waals surface area contributed by atoms with Crippen LogP contribution in [0, 0.1) is 0 Å². The molecule has 2 aliphatic rings. The maximum absolute atomic E-state index is 12.6. The molecule has 4 rings (SSSR count). The van der Waals surface area contributed by atoms with Gasteiger partial charge in [0.1, 0.15) is 0 Å². The quantitative estimate of drug-likeness (QED) is 0.863. The van der Waals surface area contributed by atoms with Crippen molar-refractivity contribution in [3.05, 3.63) is 53.5 Å². The normalized spacial score (nSPS) is 19.4. The molecule has 0 aliphatic carbocycles. The minimum absolute atomic E-state index is 0.0969. The lowest BCUT2D eigenvalue weighted by Gasteiger charge is -2.17. The zero-order valence-corrected chi connectivity index (χ0v) is 13.4. The number of imide groups is 1. The molecule has 1 aromatic heterocycles. The Hall–Kier alpha value is -2.93. The summed E-state index contributed by atoms with van der Waals surface area (Å²) in [7, 11) is 0. The minimum atomic E-state index is -0.419. The van der Waals surface area contributed by atoms with E-state index in [-0.39, 0.29) is 30.2 Å². The lowest BCUT2D eigenvalue weighted by molar-refractivity contribution is 0.0475. The average molecular weight is 340 g/mol. The fourth-order valence-corrected chi connectivity index (χ4v) is 3.13.